The van der Waals surface area contributed by atoms with Crippen LogP contribution in [0.4, 0.5) is 0 Å². The number of thiol groups is 1. The first-order valence-corrected chi connectivity index (χ1v) is 3.77. The zero-order valence-corrected chi connectivity index (χ0v) is 7.04. The second-order valence-electron chi connectivity index (χ2n) is 1.98. The lowest BCUT2D eigenvalue weighted by molar-refractivity contribution is -0.807. The zero-order chi connectivity index (χ0) is 8.85. The van der Waals surface area contributed by atoms with Crippen LogP contribution < -0.4 is 5.06 Å². The molecule has 0 saturated heterocycles. The van der Waals surface area contributed by atoms with E-state index in [4.69, 9.17) is 5.11 Å². The summed E-state index contributed by atoms with van der Waals surface area (Å²) in [6.07, 6.45) is 2.76. The van der Waals surface area contributed by atoms with Crippen molar-refractivity contribution in [2.24, 2.45) is 0 Å². The van der Waals surface area contributed by atoms with Crippen LogP contribution >= 0.6 is 12.6 Å². The number of carbonyl (C=O) groups is 1. The van der Waals surface area contributed by atoms with Gasteiger partial charge in [-0.1, -0.05) is 0 Å². The van der Waals surface area contributed by atoms with Gasteiger partial charge in [0.2, 0.25) is 0 Å². The van der Waals surface area contributed by atoms with Gasteiger partial charge in [0, 0.05) is 0 Å². The third kappa shape index (κ3) is 3.41. The van der Waals surface area contributed by atoms with Crippen LogP contribution in [0.25, 0.3) is 0 Å². The normalized spacial score (nSPS) is 16.6. The molecule has 0 aromatic rings. The standard InChI is InChI=1S/C6H11NO3S/c1-2-3-7(10)5(4-11)6(8)9/h2-3,5,7,11H,4H2,1H3,(H,8,9)/b3-2-. The summed E-state index contributed by atoms with van der Waals surface area (Å²) in [5, 5.41) is 19.0. The number of quaternary nitrogens is 1. The number of rotatable bonds is 4. The third-order valence-electron chi connectivity index (χ3n) is 1.16. The summed E-state index contributed by atoms with van der Waals surface area (Å²) in [7, 11) is 0. The Morgan fingerprint density at radius 3 is 2.73 bits per heavy atom. The molecule has 0 spiro atoms. The molecule has 0 bridgehead atoms. The zero-order valence-electron chi connectivity index (χ0n) is 6.15. The second-order valence-corrected chi connectivity index (χ2v) is 2.34. The molecule has 2 atom stereocenters. The first-order valence-electron chi connectivity index (χ1n) is 3.13. The molecule has 0 amide bonds. The van der Waals surface area contributed by atoms with Gasteiger partial charge in [0.05, 0.1) is 12.0 Å². The van der Waals surface area contributed by atoms with E-state index in [9.17, 15) is 10.0 Å². The fourth-order valence-electron chi connectivity index (χ4n) is 0.570. The Morgan fingerprint density at radius 2 is 2.45 bits per heavy atom. The topological polar surface area (TPSA) is 64.8 Å². The largest absolute Gasteiger partial charge is 0.629 e. The predicted molar refractivity (Wildman–Crippen MR) is 44.4 cm³/mol. The van der Waals surface area contributed by atoms with Gasteiger partial charge >= 0.3 is 5.97 Å². The average Bonchev–Trinajstić information content (AvgIpc) is 1.88. The van der Waals surface area contributed by atoms with Crippen LogP contribution in [0.15, 0.2) is 12.3 Å². The number of aliphatic carboxylic acids is 1. The van der Waals surface area contributed by atoms with Crippen molar-refractivity contribution in [1.82, 2.24) is 0 Å². The van der Waals surface area contributed by atoms with E-state index >= 15 is 0 Å². The number of carboxylic acids is 1. The minimum Gasteiger partial charge on any atom is -0.629 e. The Hall–Kier alpha value is -0.520. The molecule has 11 heavy (non-hydrogen) atoms. The van der Waals surface area contributed by atoms with E-state index < -0.39 is 17.1 Å². The highest BCUT2D eigenvalue weighted by Gasteiger charge is 2.20. The van der Waals surface area contributed by atoms with Crippen molar-refractivity contribution in [3.05, 3.63) is 17.5 Å². The fourth-order valence-corrected chi connectivity index (χ4v) is 0.906. The smallest absolute Gasteiger partial charge is 0.364 e. The molecule has 64 valence electrons. The van der Waals surface area contributed by atoms with Crippen molar-refractivity contribution in [3.8, 4) is 0 Å². The molecular weight excluding hydrogens is 166 g/mol. The Morgan fingerprint density at radius 1 is 1.91 bits per heavy atom. The number of carboxylic acid groups (broad SMARTS) is 1. The molecule has 2 N–H and O–H groups in total. The molecule has 0 aliphatic rings. The molecule has 0 saturated carbocycles. The van der Waals surface area contributed by atoms with Gasteiger partial charge in [-0.3, -0.25) is 0 Å². The molecule has 0 fully saturated rings. The Bertz CT molecular complexity index is 160. The first-order chi connectivity index (χ1) is 5.13. The highest BCUT2D eigenvalue weighted by atomic mass is 32.1. The van der Waals surface area contributed by atoms with Gasteiger partial charge in [0.1, 0.15) is 0 Å². The van der Waals surface area contributed by atoms with Gasteiger partial charge in [-0.05, 0) is 13.0 Å². The van der Waals surface area contributed by atoms with E-state index in [1.165, 1.54) is 12.3 Å². The minimum atomic E-state index is -1.12. The van der Waals surface area contributed by atoms with Crippen molar-refractivity contribution >= 4 is 18.6 Å². The molecule has 0 aromatic carbocycles. The van der Waals surface area contributed by atoms with Crippen LogP contribution in [0.1, 0.15) is 6.92 Å². The second kappa shape index (κ2) is 5.17. The molecule has 4 nitrogen and oxygen atoms in total. The maximum absolute atomic E-state index is 10.9. The fraction of sp³-hybridized carbons (Fsp3) is 0.500. The molecule has 2 unspecified atom stereocenters. The average molecular weight is 177 g/mol. The van der Waals surface area contributed by atoms with Gasteiger partial charge in [0.15, 0.2) is 6.04 Å². The summed E-state index contributed by atoms with van der Waals surface area (Å²) >= 11 is 3.75. The molecule has 0 aliphatic carbocycles. The summed E-state index contributed by atoms with van der Waals surface area (Å²) in [6.45, 7) is 1.66. The number of hydrogen-bond acceptors (Lipinski definition) is 3. The summed E-state index contributed by atoms with van der Waals surface area (Å²) in [4.78, 5) is 10.3. The lowest BCUT2D eigenvalue weighted by atomic mass is 10.3. The van der Waals surface area contributed by atoms with E-state index in [0.717, 1.165) is 0 Å². The van der Waals surface area contributed by atoms with Crippen LogP contribution in [0, 0.1) is 5.21 Å². The van der Waals surface area contributed by atoms with Gasteiger partial charge in [-0.2, -0.15) is 12.6 Å². The van der Waals surface area contributed by atoms with E-state index in [1.54, 1.807) is 6.92 Å². The predicted octanol–water partition coefficient (Wildman–Crippen LogP) is -0.714. The molecule has 0 aromatic heterocycles. The van der Waals surface area contributed by atoms with Crippen LogP contribution in [0.3, 0.4) is 0 Å². The van der Waals surface area contributed by atoms with Crippen LogP contribution in [-0.2, 0) is 4.79 Å². The lowest BCUT2D eigenvalue weighted by Gasteiger charge is -2.22. The maximum Gasteiger partial charge on any atom is 0.364 e. The van der Waals surface area contributed by atoms with E-state index in [0.29, 0.717) is 0 Å². The van der Waals surface area contributed by atoms with E-state index in [-0.39, 0.29) is 5.75 Å². The van der Waals surface area contributed by atoms with Gasteiger partial charge in [-0.15, -0.1) is 0 Å². The third-order valence-corrected chi connectivity index (χ3v) is 1.52. The molecule has 0 radical (unpaired) electrons. The summed E-state index contributed by atoms with van der Waals surface area (Å²) in [5.74, 6) is -1.08. The molecule has 0 heterocycles. The lowest BCUT2D eigenvalue weighted by Crippen LogP contribution is -3.08. The SMILES string of the molecule is C/C=C\[NH+]([O-])C(CS)C(=O)O. The number of hydroxylamine groups is 2. The number of nitrogens with one attached hydrogen (secondary N) is 1. The molecular formula is C6H11NO3S. The first kappa shape index (κ1) is 10.5. The van der Waals surface area contributed by atoms with Gasteiger partial charge < -0.3 is 15.4 Å². The van der Waals surface area contributed by atoms with Crippen molar-refractivity contribution < 1.29 is 15.0 Å². The van der Waals surface area contributed by atoms with Crippen LogP contribution in [0.2, 0.25) is 0 Å². The monoisotopic (exact) mass is 177 g/mol. The number of hydrogen-bond donors (Lipinski definition) is 3. The molecule has 0 aliphatic heterocycles. The number of allylic oxidation sites excluding steroid dienone is 1. The van der Waals surface area contributed by atoms with Crippen LogP contribution in [0.5, 0.6) is 0 Å². The van der Waals surface area contributed by atoms with E-state index in [1.807, 2.05) is 0 Å². The van der Waals surface area contributed by atoms with Gasteiger partial charge in [0.25, 0.3) is 0 Å². The van der Waals surface area contributed by atoms with Crippen molar-refractivity contribution in [3.63, 3.8) is 0 Å². The highest BCUT2D eigenvalue weighted by Crippen LogP contribution is 1.82. The van der Waals surface area contributed by atoms with Crippen molar-refractivity contribution in [2.75, 3.05) is 5.75 Å². The van der Waals surface area contributed by atoms with Crippen LogP contribution in [-0.4, -0.2) is 22.9 Å². The summed E-state index contributed by atoms with van der Waals surface area (Å²) in [5.41, 5.74) is 0. The maximum atomic E-state index is 10.9. The Balaban J connectivity index is 4.13. The minimum absolute atomic E-state index is 0.0402. The van der Waals surface area contributed by atoms with Crippen molar-refractivity contribution in [1.29, 1.82) is 0 Å². The highest BCUT2D eigenvalue weighted by molar-refractivity contribution is 7.80. The summed E-state index contributed by atoms with van der Waals surface area (Å²) in [6, 6.07) is -1.01. The molecule has 0 rings (SSSR count). The Labute approximate surface area is 70.5 Å². The quantitative estimate of drug-likeness (QED) is 0.392. The van der Waals surface area contributed by atoms with Gasteiger partial charge in [-0.25, -0.2) is 4.79 Å². The van der Waals surface area contributed by atoms with Crippen molar-refractivity contribution in [2.45, 2.75) is 13.0 Å². The summed E-state index contributed by atoms with van der Waals surface area (Å²) < 4.78 is 0. The molecule has 5 heteroatoms. The Kier molecular flexibility index (Phi) is 4.93. The van der Waals surface area contributed by atoms with E-state index in [2.05, 4.69) is 12.6 Å².